The lowest BCUT2D eigenvalue weighted by Crippen LogP contribution is -2.05. The van der Waals surface area contributed by atoms with Gasteiger partial charge in [0.25, 0.3) is 10.1 Å². The van der Waals surface area contributed by atoms with E-state index in [1.54, 1.807) is 19.1 Å². The minimum atomic E-state index is -3.97. The van der Waals surface area contributed by atoms with Crippen molar-refractivity contribution in [3.8, 4) is 0 Å². The van der Waals surface area contributed by atoms with Gasteiger partial charge in [-0.2, -0.15) is 8.42 Å². The van der Waals surface area contributed by atoms with Gasteiger partial charge in [0.1, 0.15) is 0 Å². The van der Waals surface area contributed by atoms with Crippen LogP contribution in [0.2, 0.25) is 0 Å². The summed E-state index contributed by atoms with van der Waals surface area (Å²) < 4.78 is 34.5. The lowest BCUT2D eigenvalue weighted by molar-refractivity contribution is 0.0526. The molecule has 27 heavy (non-hydrogen) atoms. The molecule has 1 rings (SSSR count). The Kier molecular flexibility index (Phi) is 11.4. The summed E-state index contributed by atoms with van der Waals surface area (Å²) in [6.07, 6.45) is 9.95. The third-order valence-corrected chi connectivity index (χ3v) is 4.58. The monoisotopic (exact) mass is 397 g/mol. The number of ether oxygens (including phenoxy) is 1. The molecule has 0 aliphatic carbocycles. The number of nitrogens with one attached hydrogen (secondary N) is 1. The molecule has 2 N–H and O–H groups in total. The molecule has 0 amide bonds. The van der Waals surface area contributed by atoms with Crippen LogP contribution < -0.4 is 5.32 Å². The third-order valence-electron chi connectivity index (χ3n) is 4.04. The summed E-state index contributed by atoms with van der Waals surface area (Å²) in [6.45, 7) is 3.07. The highest BCUT2D eigenvalue weighted by molar-refractivity contribution is 7.88. The van der Waals surface area contributed by atoms with Gasteiger partial charge in [-0.1, -0.05) is 38.2 Å². The van der Waals surface area contributed by atoms with Gasteiger partial charge in [0.05, 0.1) is 17.6 Å². The number of esters is 1. The van der Waals surface area contributed by atoms with E-state index in [0.29, 0.717) is 18.6 Å². The van der Waals surface area contributed by atoms with Crippen molar-refractivity contribution in [3.05, 3.63) is 41.3 Å². The Morgan fingerprint density at radius 1 is 1.04 bits per heavy atom. The van der Waals surface area contributed by atoms with E-state index in [0.717, 1.165) is 49.7 Å². The quantitative estimate of drug-likeness (QED) is 0.266. The molecular weight excluding hydrogens is 366 g/mol. The zero-order valence-corrected chi connectivity index (χ0v) is 16.8. The largest absolute Gasteiger partial charge is 0.462 e. The molecule has 0 unspecified atom stereocenters. The average Bonchev–Trinajstić information content (AvgIpc) is 2.62. The van der Waals surface area contributed by atoms with E-state index in [2.05, 4.69) is 5.32 Å². The fourth-order valence-corrected chi connectivity index (χ4v) is 3.01. The smallest absolute Gasteiger partial charge is 0.338 e. The van der Waals surface area contributed by atoms with Crippen LogP contribution in [0.25, 0.3) is 0 Å². The van der Waals surface area contributed by atoms with Crippen LogP contribution >= 0.6 is 0 Å². The van der Waals surface area contributed by atoms with Gasteiger partial charge in [-0.25, -0.2) is 4.79 Å². The number of allylic oxidation sites excluding steroid dienone is 1. The second-order valence-electron chi connectivity index (χ2n) is 6.37. The van der Waals surface area contributed by atoms with Gasteiger partial charge in [0.15, 0.2) is 0 Å². The van der Waals surface area contributed by atoms with Crippen LogP contribution in [0.1, 0.15) is 68.6 Å². The molecule has 0 aliphatic heterocycles. The Balaban J connectivity index is 2.00. The topological polar surface area (TPSA) is 92.7 Å². The SMILES string of the molecule is CCOC(=O)c1ccc(NCCCCCCCCCC=CS(=O)(=O)O)cc1. The number of unbranched alkanes of at least 4 members (excludes halogenated alkanes) is 7. The summed E-state index contributed by atoms with van der Waals surface area (Å²) in [6, 6.07) is 7.32. The van der Waals surface area contributed by atoms with Gasteiger partial charge in [-0.3, -0.25) is 4.55 Å². The predicted octanol–water partition coefficient (Wildman–Crippen LogP) is 4.80. The van der Waals surface area contributed by atoms with Crippen LogP contribution in [0.15, 0.2) is 35.7 Å². The second kappa shape index (κ2) is 13.3. The Hall–Kier alpha value is -1.86. The average molecular weight is 398 g/mol. The van der Waals surface area contributed by atoms with Crippen molar-refractivity contribution < 1.29 is 22.5 Å². The van der Waals surface area contributed by atoms with E-state index in [4.69, 9.17) is 9.29 Å². The zero-order chi connectivity index (χ0) is 20.0. The summed E-state index contributed by atoms with van der Waals surface area (Å²) >= 11 is 0. The fourth-order valence-electron chi connectivity index (χ4n) is 2.63. The van der Waals surface area contributed by atoms with Gasteiger partial charge in [0, 0.05) is 12.2 Å². The van der Waals surface area contributed by atoms with Crippen LogP contribution in [0.5, 0.6) is 0 Å². The number of benzene rings is 1. The van der Waals surface area contributed by atoms with E-state index in [1.807, 2.05) is 12.1 Å². The molecule has 0 fully saturated rings. The van der Waals surface area contributed by atoms with Gasteiger partial charge in [-0.15, -0.1) is 0 Å². The van der Waals surface area contributed by atoms with Crippen molar-refractivity contribution >= 4 is 21.8 Å². The van der Waals surface area contributed by atoms with Crippen molar-refractivity contribution in [1.29, 1.82) is 0 Å². The molecule has 7 heteroatoms. The Labute approximate surface area is 162 Å². The van der Waals surface area contributed by atoms with Crippen LogP contribution in [0.4, 0.5) is 5.69 Å². The fraction of sp³-hybridized carbons (Fsp3) is 0.550. The normalized spacial score (nSPS) is 11.6. The van der Waals surface area contributed by atoms with Crippen molar-refractivity contribution in [2.24, 2.45) is 0 Å². The molecular formula is C20H31NO5S. The van der Waals surface area contributed by atoms with E-state index in [-0.39, 0.29) is 5.97 Å². The lowest BCUT2D eigenvalue weighted by Gasteiger charge is -2.07. The molecule has 6 nitrogen and oxygen atoms in total. The highest BCUT2D eigenvalue weighted by Gasteiger charge is 2.05. The van der Waals surface area contributed by atoms with Crippen LogP contribution in [-0.4, -0.2) is 32.1 Å². The molecule has 0 saturated heterocycles. The number of rotatable bonds is 14. The second-order valence-corrected chi connectivity index (χ2v) is 7.68. The first-order valence-corrected chi connectivity index (χ1v) is 11.1. The first-order chi connectivity index (χ1) is 12.9. The first-order valence-electron chi connectivity index (χ1n) is 9.57. The van der Waals surface area contributed by atoms with E-state index < -0.39 is 10.1 Å². The summed E-state index contributed by atoms with van der Waals surface area (Å²) in [7, 11) is -3.97. The minimum absolute atomic E-state index is 0.293. The van der Waals surface area contributed by atoms with Crippen LogP contribution in [0.3, 0.4) is 0 Å². The number of carbonyl (C=O) groups is 1. The molecule has 0 aromatic heterocycles. The zero-order valence-electron chi connectivity index (χ0n) is 16.0. The standard InChI is InChI=1S/C20H31NO5S/c1-2-26-20(22)18-12-14-19(15-13-18)21-16-10-8-6-4-3-5-7-9-11-17-27(23,24)25/h11-15,17,21H,2-10,16H2,1H3,(H,23,24,25). The summed E-state index contributed by atoms with van der Waals surface area (Å²) in [4.78, 5) is 11.6. The van der Waals surface area contributed by atoms with Crippen molar-refractivity contribution in [1.82, 2.24) is 0 Å². The van der Waals surface area contributed by atoms with Crippen LogP contribution in [0, 0.1) is 0 Å². The summed E-state index contributed by atoms with van der Waals surface area (Å²) in [5, 5.41) is 4.20. The third kappa shape index (κ3) is 12.2. The number of carbonyl (C=O) groups excluding carboxylic acids is 1. The molecule has 0 bridgehead atoms. The van der Waals surface area contributed by atoms with E-state index in [9.17, 15) is 13.2 Å². The predicted molar refractivity (Wildman–Crippen MR) is 109 cm³/mol. The maximum Gasteiger partial charge on any atom is 0.338 e. The molecule has 152 valence electrons. The van der Waals surface area contributed by atoms with Crippen LogP contribution in [-0.2, 0) is 14.9 Å². The minimum Gasteiger partial charge on any atom is -0.462 e. The molecule has 0 radical (unpaired) electrons. The molecule has 0 spiro atoms. The molecule has 0 atom stereocenters. The highest BCUT2D eigenvalue weighted by Crippen LogP contribution is 2.12. The summed E-state index contributed by atoms with van der Waals surface area (Å²) in [5.41, 5.74) is 1.57. The highest BCUT2D eigenvalue weighted by atomic mass is 32.2. The maximum absolute atomic E-state index is 11.6. The van der Waals surface area contributed by atoms with Crippen molar-refractivity contribution in [2.75, 3.05) is 18.5 Å². The van der Waals surface area contributed by atoms with Gasteiger partial charge < -0.3 is 10.1 Å². The number of anilines is 1. The van der Waals surface area contributed by atoms with Gasteiger partial charge in [-0.05, 0) is 50.5 Å². The summed E-state index contributed by atoms with van der Waals surface area (Å²) in [5.74, 6) is -0.293. The number of hydrogen-bond acceptors (Lipinski definition) is 5. The van der Waals surface area contributed by atoms with Crippen molar-refractivity contribution in [3.63, 3.8) is 0 Å². The molecule has 0 aliphatic rings. The molecule has 1 aromatic rings. The lowest BCUT2D eigenvalue weighted by atomic mass is 10.1. The van der Waals surface area contributed by atoms with Crippen molar-refractivity contribution in [2.45, 2.75) is 58.3 Å². The van der Waals surface area contributed by atoms with E-state index >= 15 is 0 Å². The van der Waals surface area contributed by atoms with Gasteiger partial charge in [0.2, 0.25) is 0 Å². The Bertz CT molecular complexity index is 668. The van der Waals surface area contributed by atoms with E-state index in [1.165, 1.54) is 18.9 Å². The Morgan fingerprint density at radius 3 is 2.22 bits per heavy atom. The number of hydrogen-bond donors (Lipinski definition) is 2. The van der Waals surface area contributed by atoms with Gasteiger partial charge >= 0.3 is 5.97 Å². The molecule has 0 heterocycles. The maximum atomic E-state index is 11.6. The molecule has 1 aromatic carbocycles. The Morgan fingerprint density at radius 2 is 1.63 bits per heavy atom. The first kappa shape index (κ1) is 23.2. The molecule has 0 saturated carbocycles.